The van der Waals surface area contributed by atoms with Gasteiger partial charge in [0.05, 0.1) is 12.9 Å². The first-order chi connectivity index (χ1) is 9.87. The topological polar surface area (TPSA) is 111 Å². The van der Waals surface area contributed by atoms with Crippen molar-refractivity contribution in [3.8, 4) is 0 Å². The smallest absolute Gasteiger partial charge is 0.409 e. The van der Waals surface area contributed by atoms with E-state index in [2.05, 4.69) is 4.98 Å². The number of aromatic nitrogens is 2. The third kappa shape index (κ3) is 2.95. The van der Waals surface area contributed by atoms with Crippen molar-refractivity contribution in [2.45, 2.75) is 11.9 Å². The lowest BCUT2D eigenvalue weighted by Crippen LogP contribution is -2.50. The van der Waals surface area contributed by atoms with Crippen molar-refractivity contribution >= 4 is 21.9 Å². The molecule has 0 saturated carbocycles. The zero-order chi connectivity index (χ0) is 15.6. The molecular formula is C11H19N5O4S. The first-order valence-corrected chi connectivity index (χ1v) is 8.00. The van der Waals surface area contributed by atoms with Crippen LogP contribution >= 0.6 is 0 Å². The molecule has 0 aromatic carbocycles. The Balaban J connectivity index is 2.10. The lowest BCUT2D eigenvalue weighted by Gasteiger charge is -2.33. The summed E-state index contributed by atoms with van der Waals surface area (Å²) in [6.45, 7) is 3.00. The molecule has 1 saturated heterocycles. The summed E-state index contributed by atoms with van der Waals surface area (Å²) in [6, 6.07) is 0. The van der Waals surface area contributed by atoms with Crippen molar-refractivity contribution in [1.29, 1.82) is 0 Å². The molecule has 0 spiro atoms. The highest BCUT2D eigenvalue weighted by atomic mass is 32.2. The number of amides is 1. The van der Waals surface area contributed by atoms with Gasteiger partial charge < -0.3 is 19.9 Å². The van der Waals surface area contributed by atoms with Gasteiger partial charge in [0.2, 0.25) is 0 Å². The van der Waals surface area contributed by atoms with Gasteiger partial charge in [-0.25, -0.2) is 18.2 Å². The summed E-state index contributed by atoms with van der Waals surface area (Å²) in [5.41, 5.74) is 5.63. The second kappa shape index (κ2) is 5.90. The highest BCUT2D eigenvalue weighted by molar-refractivity contribution is 7.89. The summed E-state index contributed by atoms with van der Waals surface area (Å²) in [5, 5.41) is -0.0212. The first kappa shape index (κ1) is 15.6. The Bertz CT molecular complexity index is 599. The summed E-state index contributed by atoms with van der Waals surface area (Å²) in [7, 11) is -2.14. The molecule has 1 aromatic rings. The number of nitrogens with two attached hydrogens (primary N) is 1. The Labute approximate surface area is 123 Å². The van der Waals surface area contributed by atoms with Gasteiger partial charge in [-0.3, -0.25) is 0 Å². The summed E-state index contributed by atoms with van der Waals surface area (Å²) < 4.78 is 32.7. The van der Waals surface area contributed by atoms with E-state index in [1.165, 1.54) is 20.1 Å². The Morgan fingerprint density at radius 2 is 2.00 bits per heavy atom. The zero-order valence-corrected chi connectivity index (χ0v) is 12.8. The lowest BCUT2D eigenvalue weighted by molar-refractivity contribution is 0.0933. The molecule has 118 valence electrons. The molecule has 9 nitrogen and oxygen atoms in total. The van der Waals surface area contributed by atoms with Gasteiger partial charge in [0.15, 0.2) is 10.8 Å². The zero-order valence-electron chi connectivity index (χ0n) is 12.0. The largest absolute Gasteiger partial charge is 0.450 e. The van der Waals surface area contributed by atoms with E-state index in [0.29, 0.717) is 6.61 Å². The maximum atomic E-state index is 12.5. The maximum absolute atomic E-state index is 12.5. The molecule has 0 bridgehead atoms. The summed E-state index contributed by atoms with van der Waals surface area (Å²) >= 11 is 0. The molecule has 2 heterocycles. The number of nitrogens with zero attached hydrogens (tertiary/aromatic N) is 4. The number of aryl methyl sites for hydroxylation is 1. The fraction of sp³-hybridized carbons (Fsp3) is 0.636. The van der Waals surface area contributed by atoms with Crippen LogP contribution in [0.5, 0.6) is 0 Å². The molecule has 1 aromatic heterocycles. The van der Waals surface area contributed by atoms with Crippen molar-refractivity contribution in [3.05, 3.63) is 6.33 Å². The minimum Gasteiger partial charge on any atom is -0.450 e. The highest BCUT2D eigenvalue weighted by Crippen LogP contribution is 2.21. The van der Waals surface area contributed by atoms with E-state index in [-0.39, 0.29) is 37.0 Å². The summed E-state index contributed by atoms with van der Waals surface area (Å²) in [6.07, 6.45) is 0.937. The number of imidazole rings is 1. The van der Waals surface area contributed by atoms with Crippen LogP contribution in [0.2, 0.25) is 0 Å². The van der Waals surface area contributed by atoms with Crippen LogP contribution < -0.4 is 5.73 Å². The van der Waals surface area contributed by atoms with E-state index < -0.39 is 16.1 Å². The monoisotopic (exact) mass is 317 g/mol. The fourth-order valence-electron chi connectivity index (χ4n) is 2.20. The molecule has 2 N–H and O–H groups in total. The number of hydrogen-bond donors (Lipinski definition) is 1. The van der Waals surface area contributed by atoms with Crippen molar-refractivity contribution < 1.29 is 17.9 Å². The van der Waals surface area contributed by atoms with Crippen LogP contribution in [0.15, 0.2) is 11.4 Å². The Kier molecular flexibility index (Phi) is 4.37. The van der Waals surface area contributed by atoms with Crippen LogP contribution in [0.3, 0.4) is 0 Å². The average molecular weight is 317 g/mol. The molecular weight excluding hydrogens is 298 g/mol. The van der Waals surface area contributed by atoms with Gasteiger partial charge in [0, 0.05) is 33.2 Å². The van der Waals surface area contributed by atoms with Gasteiger partial charge in [-0.15, -0.1) is 0 Å². The SMILES string of the molecule is CCOC(=O)N1CCN(S(=O)(=O)c2c(N)ncn2C)CC1. The predicted molar refractivity (Wildman–Crippen MR) is 75.0 cm³/mol. The summed E-state index contributed by atoms with van der Waals surface area (Å²) in [4.78, 5) is 16.9. The van der Waals surface area contributed by atoms with Crippen LogP contribution in [-0.2, 0) is 21.8 Å². The number of carbonyl (C=O) groups is 1. The van der Waals surface area contributed by atoms with E-state index in [9.17, 15) is 13.2 Å². The van der Waals surface area contributed by atoms with E-state index >= 15 is 0 Å². The molecule has 1 fully saturated rings. The molecule has 21 heavy (non-hydrogen) atoms. The number of carbonyl (C=O) groups excluding carboxylic acids is 1. The fourth-order valence-corrected chi connectivity index (χ4v) is 3.82. The Hall–Kier alpha value is -1.81. The van der Waals surface area contributed by atoms with Crippen LogP contribution in [0, 0.1) is 0 Å². The van der Waals surface area contributed by atoms with Crippen LogP contribution in [0.4, 0.5) is 10.6 Å². The van der Waals surface area contributed by atoms with E-state index in [4.69, 9.17) is 10.5 Å². The van der Waals surface area contributed by atoms with Crippen LogP contribution in [0.25, 0.3) is 0 Å². The molecule has 0 unspecified atom stereocenters. The third-order valence-corrected chi connectivity index (χ3v) is 5.29. The van der Waals surface area contributed by atoms with Crippen LogP contribution in [-0.4, -0.2) is 66.1 Å². The van der Waals surface area contributed by atoms with Gasteiger partial charge in [-0.05, 0) is 6.92 Å². The first-order valence-electron chi connectivity index (χ1n) is 6.56. The highest BCUT2D eigenvalue weighted by Gasteiger charge is 2.33. The van der Waals surface area contributed by atoms with E-state index in [0.717, 1.165) is 0 Å². The Morgan fingerprint density at radius 1 is 1.38 bits per heavy atom. The average Bonchev–Trinajstić information content (AvgIpc) is 2.79. The maximum Gasteiger partial charge on any atom is 0.409 e. The minimum atomic E-state index is -3.71. The van der Waals surface area contributed by atoms with Crippen molar-refractivity contribution in [3.63, 3.8) is 0 Å². The molecule has 0 radical (unpaired) electrons. The normalized spacial score (nSPS) is 17.0. The molecule has 0 aliphatic carbocycles. The number of nitrogen functional groups attached to an aromatic ring is 1. The second-order valence-electron chi connectivity index (χ2n) is 4.64. The van der Waals surface area contributed by atoms with E-state index in [1.54, 1.807) is 14.0 Å². The number of anilines is 1. The van der Waals surface area contributed by atoms with Crippen molar-refractivity contribution in [1.82, 2.24) is 18.8 Å². The van der Waals surface area contributed by atoms with Gasteiger partial charge >= 0.3 is 6.09 Å². The molecule has 0 atom stereocenters. The second-order valence-corrected chi connectivity index (χ2v) is 6.49. The minimum absolute atomic E-state index is 0.0212. The third-order valence-electron chi connectivity index (χ3n) is 3.26. The Morgan fingerprint density at radius 3 is 2.48 bits per heavy atom. The number of ether oxygens (including phenoxy) is 1. The standard InChI is InChI=1S/C11H19N5O4S/c1-3-20-11(17)15-4-6-16(7-5-15)21(18,19)10-9(12)13-8-14(10)2/h8H,3-7,12H2,1-2H3. The van der Waals surface area contributed by atoms with Crippen LogP contribution in [0.1, 0.15) is 6.92 Å². The predicted octanol–water partition coefficient (Wildman–Crippen LogP) is -0.535. The molecule has 10 heteroatoms. The molecule has 2 rings (SSSR count). The van der Waals surface area contributed by atoms with Gasteiger partial charge in [-0.1, -0.05) is 0 Å². The lowest BCUT2D eigenvalue weighted by atomic mass is 10.4. The van der Waals surface area contributed by atoms with Gasteiger partial charge in [0.25, 0.3) is 10.0 Å². The van der Waals surface area contributed by atoms with Gasteiger partial charge in [-0.2, -0.15) is 4.31 Å². The van der Waals surface area contributed by atoms with Gasteiger partial charge in [0.1, 0.15) is 0 Å². The van der Waals surface area contributed by atoms with Crippen molar-refractivity contribution in [2.75, 3.05) is 38.5 Å². The van der Waals surface area contributed by atoms with E-state index in [1.807, 2.05) is 0 Å². The van der Waals surface area contributed by atoms with Crippen molar-refractivity contribution in [2.24, 2.45) is 7.05 Å². The number of piperazine rings is 1. The number of rotatable bonds is 3. The number of hydrogen-bond acceptors (Lipinski definition) is 6. The summed E-state index contributed by atoms with van der Waals surface area (Å²) in [5.74, 6) is -0.0228. The quantitative estimate of drug-likeness (QED) is 0.802. The molecule has 1 amide bonds. The number of sulfonamides is 1. The molecule has 1 aliphatic rings. The molecule has 1 aliphatic heterocycles.